The van der Waals surface area contributed by atoms with Gasteiger partial charge in [-0.2, -0.15) is 0 Å². The van der Waals surface area contributed by atoms with E-state index in [-0.39, 0.29) is 0 Å². The van der Waals surface area contributed by atoms with Crippen molar-refractivity contribution in [2.24, 2.45) is 0 Å². The van der Waals surface area contributed by atoms with E-state index in [1.165, 1.54) is 55.5 Å². The summed E-state index contributed by atoms with van der Waals surface area (Å²) in [6.07, 6.45) is 6.68. The van der Waals surface area contributed by atoms with E-state index in [1.807, 2.05) is 0 Å². The molecule has 0 aliphatic carbocycles. The van der Waals surface area contributed by atoms with Gasteiger partial charge in [0, 0.05) is 24.2 Å². The molecule has 2 rings (SSSR count). The number of hydrogen-bond donors (Lipinski definition) is 0. The van der Waals surface area contributed by atoms with Gasteiger partial charge in [0.25, 0.3) is 0 Å². The Kier molecular flexibility index (Phi) is 4.94. The molecule has 0 aromatic heterocycles. The average Bonchev–Trinajstić information content (AvgIpc) is 2.63. The third kappa shape index (κ3) is 3.00. The summed E-state index contributed by atoms with van der Waals surface area (Å²) in [6, 6.07) is 7.47. The highest BCUT2D eigenvalue weighted by molar-refractivity contribution is 6.17. The fourth-order valence-corrected chi connectivity index (χ4v) is 3.25. The highest BCUT2D eigenvalue weighted by Gasteiger charge is 2.19. The van der Waals surface area contributed by atoms with Crippen LogP contribution in [0.15, 0.2) is 18.2 Å². The zero-order valence-corrected chi connectivity index (χ0v) is 12.3. The van der Waals surface area contributed by atoms with E-state index in [2.05, 4.69) is 36.9 Å². The van der Waals surface area contributed by atoms with Crippen molar-refractivity contribution < 1.29 is 0 Å². The van der Waals surface area contributed by atoms with E-state index in [9.17, 15) is 0 Å². The Balaban J connectivity index is 2.24. The van der Waals surface area contributed by atoms with Crippen LogP contribution in [0.25, 0.3) is 0 Å². The molecule has 0 spiro atoms. The average molecular weight is 266 g/mol. The van der Waals surface area contributed by atoms with Crippen LogP contribution < -0.4 is 4.90 Å². The molecule has 1 atom stereocenters. The molecule has 1 unspecified atom stereocenters. The van der Waals surface area contributed by atoms with E-state index < -0.39 is 0 Å². The van der Waals surface area contributed by atoms with Crippen molar-refractivity contribution in [3.63, 3.8) is 0 Å². The van der Waals surface area contributed by atoms with Crippen LogP contribution >= 0.6 is 11.6 Å². The van der Waals surface area contributed by atoms with Gasteiger partial charge >= 0.3 is 0 Å². The molecule has 1 aliphatic heterocycles. The summed E-state index contributed by atoms with van der Waals surface area (Å²) >= 11 is 5.94. The maximum absolute atomic E-state index is 5.94. The largest absolute Gasteiger partial charge is 0.369 e. The molecule has 0 amide bonds. The van der Waals surface area contributed by atoms with Crippen molar-refractivity contribution in [2.75, 3.05) is 11.4 Å². The number of nitrogens with zero attached hydrogens (tertiary/aromatic N) is 1. The number of anilines is 1. The quantitative estimate of drug-likeness (QED) is 0.703. The SMILES string of the molecule is CCC1CCCCCN1c1ccc(CCl)c(C)c1. The predicted octanol–water partition coefficient (Wildman–Crippen LogP) is 4.89. The Labute approximate surface area is 116 Å². The lowest BCUT2D eigenvalue weighted by atomic mass is 10.0. The molecule has 100 valence electrons. The number of alkyl halides is 1. The zero-order valence-electron chi connectivity index (χ0n) is 11.6. The number of rotatable bonds is 3. The number of benzene rings is 1. The van der Waals surface area contributed by atoms with Gasteiger partial charge in [0.05, 0.1) is 0 Å². The summed E-state index contributed by atoms with van der Waals surface area (Å²) < 4.78 is 0. The third-order valence-electron chi connectivity index (χ3n) is 4.15. The zero-order chi connectivity index (χ0) is 13.0. The topological polar surface area (TPSA) is 3.24 Å². The molecular weight excluding hydrogens is 242 g/mol. The molecule has 1 saturated heterocycles. The standard InChI is InChI=1S/C16H24ClN/c1-3-15-7-5-4-6-10-18(15)16-9-8-14(12-17)13(2)11-16/h8-9,11,15H,3-7,10,12H2,1-2H3. The van der Waals surface area contributed by atoms with E-state index in [4.69, 9.17) is 11.6 Å². The fraction of sp³-hybridized carbons (Fsp3) is 0.625. The normalized spacial score (nSPS) is 20.8. The minimum Gasteiger partial charge on any atom is -0.369 e. The maximum atomic E-state index is 5.94. The van der Waals surface area contributed by atoms with E-state index in [0.717, 1.165) is 0 Å². The first kappa shape index (κ1) is 13.7. The summed E-state index contributed by atoms with van der Waals surface area (Å²) in [4.78, 5) is 2.61. The predicted molar refractivity (Wildman–Crippen MR) is 80.6 cm³/mol. The van der Waals surface area contributed by atoms with Gasteiger partial charge in [-0.25, -0.2) is 0 Å². The first-order chi connectivity index (χ1) is 8.76. The van der Waals surface area contributed by atoms with Gasteiger partial charge in [-0.05, 0) is 49.4 Å². The lowest BCUT2D eigenvalue weighted by Crippen LogP contribution is -2.34. The van der Waals surface area contributed by atoms with Gasteiger partial charge in [0.15, 0.2) is 0 Å². The van der Waals surface area contributed by atoms with Crippen LogP contribution in [0.3, 0.4) is 0 Å². The van der Waals surface area contributed by atoms with Crippen LogP contribution in [0.5, 0.6) is 0 Å². The summed E-state index contributed by atoms with van der Waals surface area (Å²) in [7, 11) is 0. The Morgan fingerprint density at radius 1 is 1.28 bits per heavy atom. The fourth-order valence-electron chi connectivity index (χ4n) is 2.95. The van der Waals surface area contributed by atoms with Crippen LogP contribution in [0.1, 0.15) is 50.2 Å². The molecule has 1 fully saturated rings. The summed E-state index contributed by atoms with van der Waals surface area (Å²) in [5.74, 6) is 0.614. The van der Waals surface area contributed by atoms with Crippen LogP contribution in [-0.2, 0) is 5.88 Å². The van der Waals surface area contributed by atoms with Gasteiger partial charge in [0.2, 0.25) is 0 Å². The van der Waals surface area contributed by atoms with E-state index in [0.29, 0.717) is 11.9 Å². The Bertz CT molecular complexity index is 389. The number of halogens is 1. The van der Waals surface area contributed by atoms with Gasteiger partial charge in [-0.3, -0.25) is 0 Å². The first-order valence-corrected chi connectivity index (χ1v) is 7.72. The Morgan fingerprint density at radius 2 is 2.11 bits per heavy atom. The molecule has 1 nitrogen and oxygen atoms in total. The Morgan fingerprint density at radius 3 is 2.78 bits per heavy atom. The third-order valence-corrected chi connectivity index (χ3v) is 4.44. The molecule has 18 heavy (non-hydrogen) atoms. The van der Waals surface area contributed by atoms with E-state index in [1.54, 1.807) is 0 Å². The van der Waals surface area contributed by atoms with Crippen LogP contribution in [0.4, 0.5) is 5.69 Å². The van der Waals surface area contributed by atoms with Crippen molar-refractivity contribution >= 4 is 17.3 Å². The molecule has 0 radical (unpaired) electrons. The monoisotopic (exact) mass is 265 g/mol. The molecule has 2 heteroatoms. The second-order valence-corrected chi connectivity index (χ2v) is 5.62. The van der Waals surface area contributed by atoms with Gasteiger partial charge < -0.3 is 4.90 Å². The van der Waals surface area contributed by atoms with Crippen LogP contribution in [0, 0.1) is 6.92 Å². The van der Waals surface area contributed by atoms with Crippen LogP contribution in [-0.4, -0.2) is 12.6 Å². The molecule has 1 aromatic rings. The Hall–Kier alpha value is -0.690. The summed E-state index contributed by atoms with van der Waals surface area (Å²) in [5.41, 5.74) is 3.96. The summed E-state index contributed by atoms with van der Waals surface area (Å²) in [5, 5.41) is 0. The van der Waals surface area contributed by atoms with Gasteiger partial charge in [0.1, 0.15) is 0 Å². The van der Waals surface area contributed by atoms with Gasteiger partial charge in [-0.15, -0.1) is 11.6 Å². The van der Waals surface area contributed by atoms with Crippen molar-refractivity contribution in [2.45, 2.75) is 57.9 Å². The second-order valence-electron chi connectivity index (χ2n) is 5.35. The maximum Gasteiger partial charge on any atom is 0.0476 e. The second kappa shape index (κ2) is 6.47. The molecular formula is C16H24ClN. The molecule has 1 aliphatic rings. The van der Waals surface area contributed by atoms with Crippen molar-refractivity contribution in [1.29, 1.82) is 0 Å². The molecule has 0 saturated carbocycles. The molecule has 0 N–H and O–H groups in total. The molecule has 0 bridgehead atoms. The lowest BCUT2D eigenvalue weighted by Gasteiger charge is -2.32. The molecule has 1 aromatic carbocycles. The summed E-state index contributed by atoms with van der Waals surface area (Å²) in [6.45, 7) is 5.68. The number of aryl methyl sites for hydroxylation is 1. The van der Waals surface area contributed by atoms with Crippen molar-refractivity contribution in [1.82, 2.24) is 0 Å². The van der Waals surface area contributed by atoms with Gasteiger partial charge in [-0.1, -0.05) is 25.8 Å². The minimum atomic E-state index is 0.614. The molecule has 1 heterocycles. The highest BCUT2D eigenvalue weighted by Crippen LogP contribution is 2.27. The smallest absolute Gasteiger partial charge is 0.0476 e. The van der Waals surface area contributed by atoms with Crippen LogP contribution in [0.2, 0.25) is 0 Å². The number of hydrogen-bond acceptors (Lipinski definition) is 1. The van der Waals surface area contributed by atoms with Crippen molar-refractivity contribution in [3.8, 4) is 0 Å². The first-order valence-electron chi connectivity index (χ1n) is 7.18. The highest BCUT2D eigenvalue weighted by atomic mass is 35.5. The van der Waals surface area contributed by atoms with Crippen molar-refractivity contribution in [3.05, 3.63) is 29.3 Å². The van der Waals surface area contributed by atoms with E-state index >= 15 is 0 Å². The lowest BCUT2D eigenvalue weighted by molar-refractivity contribution is 0.556. The minimum absolute atomic E-state index is 0.614.